The van der Waals surface area contributed by atoms with Crippen LogP contribution in [0.25, 0.3) is 5.69 Å². The third kappa shape index (κ3) is 4.10. The zero-order chi connectivity index (χ0) is 18.4. The van der Waals surface area contributed by atoms with E-state index in [9.17, 15) is 9.18 Å². The normalized spacial score (nSPS) is 10.3. The number of hydrogen-bond acceptors (Lipinski definition) is 4. The van der Waals surface area contributed by atoms with E-state index in [1.807, 2.05) is 24.3 Å². The van der Waals surface area contributed by atoms with Crippen molar-refractivity contribution < 1.29 is 9.18 Å². The Kier molecular flexibility index (Phi) is 5.66. The second-order valence-electron chi connectivity index (χ2n) is 5.32. The fraction of sp³-hybridized carbons (Fsp3) is 0.105. The van der Waals surface area contributed by atoms with Crippen LogP contribution in [0.1, 0.15) is 0 Å². The molecule has 0 unspecified atom stereocenters. The summed E-state index contributed by atoms with van der Waals surface area (Å²) in [5.41, 5.74) is 1.31. The number of hydrogen-bond donors (Lipinski definition) is 0. The number of benzene rings is 2. The van der Waals surface area contributed by atoms with Crippen LogP contribution in [-0.2, 0) is 4.79 Å². The molecule has 2 aromatic carbocycles. The van der Waals surface area contributed by atoms with Crippen molar-refractivity contribution in [3.05, 3.63) is 72.8 Å². The molecule has 26 heavy (non-hydrogen) atoms. The second-order valence-corrected chi connectivity index (χ2v) is 6.26. The van der Waals surface area contributed by atoms with Gasteiger partial charge in [0.15, 0.2) is 5.16 Å². The molecular weight excluding hydrogens is 351 g/mol. The van der Waals surface area contributed by atoms with E-state index < -0.39 is 0 Å². The number of halogens is 1. The van der Waals surface area contributed by atoms with Crippen molar-refractivity contribution in [2.24, 2.45) is 0 Å². The van der Waals surface area contributed by atoms with Crippen LogP contribution >= 0.6 is 11.8 Å². The summed E-state index contributed by atoms with van der Waals surface area (Å²) >= 11 is 1.24. The van der Waals surface area contributed by atoms with Gasteiger partial charge in [0.1, 0.15) is 12.4 Å². The predicted molar refractivity (Wildman–Crippen MR) is 98.7 cm³/mol. The molecule has 0 radical (unpaired) electrons. The smallest absolute Gasteiger partial charge is 0.238 e. The molecule has 3 rings (SSSR count). The van der Waals surface area contributed by atoms with Crippen molar-refractivity contribution in [2.45, 2.75) is 5.16 Å². The van der Waals surface area contributed by atoms with Crippen LogP contribution in [0.5, 0.6) is 0 Å². The minimum Gasteiger partial charge on any atom is -0.298 e. The highest BCUT2D eigenvalue weighted by Gasteiger charge is 2.17. The summed E-state index contributed by atoms with van der Waals surface area (Å²) in [5.74, 6) is -0.424. The molecule has 0 saturated carbocycles. The van der Waals surface area contributed by atoms with Crippen molar-refractivity contribution in [2.75, 3.05) is 17.2 Å². The zero-order valence-electron chi connectivity index (χ0n) is 13.7. The average molecular weight is 366 g/mol. The number of imidazole rings is 1. The Labute approximate surface area is 154 Å². The molecule has 3 aromatic rings. The number of thioether (sulfide) groups is 1. The highest BCUT2D eigenvalue weighted by Crippen LogP contribution is 2.22. The molecule has 1 heterocycles. The van der Waals surface area contributed by atoms with E-state index in [1.54, 1.807) is 41.2 Å². The van der Waals surface area contributed by atoms with Crippen molar-refractivity contribution in [3.8, 4) is 11.8 Å². The van der Waals surface area contributed by atoms with Crippen molar-refractivity contribution in [3.63, 3.8) is 0 Å². The first-order valence-corrected chi connectivity index (χ1v) is 8.82. The number of anilines is 1. The SMILES string of the molecule is N#CCN(C(=O)CSc1nccn1-c1cccc(F)c1)c1ccccc1. The first kappa shape index (κ1) is 17.7. The largest absolute Gasteiger partial charge is 0.298 e. The summed E-state index contributed by atoms with van der Waals surface area (Å²) < 4.78 is 15.2. The van der Waals surface area contributed by atoms with Crippen molar-refractivity contribution in [1.29, 1.82) is 5.26 Å². The number of carbonyl (C=O) groups excluding carboxylic acids is 1. The lowest BCUT2D eigenvalue weighted by Crippen LogP contribution is -2.32. The zero-order valence-corrected chi connectivity index (χ0v) is 14.6. The molecule has 0 fully saturated rings. The van der Waals surface area contributed by atoms with E-state index in [-0.39, 0.29) is 24.0 Å². The highest BCUT2D eigenvalue weighted by molar-refractivity contribution is 7.99. The maximum atomic E-state index is 13.5. The number of nitriles is 1. The highest BCUT2D eigenvalue weighted by atomic mass is 32.2. The summed E-state index contributed by atoms with van der Waals surface area (Å²) in [4.78, 5) is 18.3. The lowest BCUT2D eigenvalue weighted by Gasteiger charge is -2.19. The summed E-state index contributed by atoms with van der Waals surface area (Å²) in [5, 5.41) is 9.59. The molecule has 0 atom stereocenters. The molecule has 0 aliphatic carbocycles. The average Bonchev–Trinajstić information content (AvgIpc) is 3.13. The van der Waals surface area contributed by atoms with Crippen LogP contribution in [0.3, 0.4) is 0 Å². The van der Waals surface area contributed by atoms with E-state index in [0.29, 0.717) is 16.5 Å². The monoisotopic (exact) mass is 366 g/mol. The van der Waals surface area contributed by atoms with Gasteiger partial charge in [0, 0.05) is 18.1 Å². The molecular formula is C19H15FN4OS. The van der Waals surface area contributed by atoms with Gasteiger partial charge in [0.25, 0.3) is 0 Å². The van der Waals surface area contributed by atoms with Crippen LogP contribution in [0.2, 0.25) is 0 Å². The maximum Gasteiger partial charge on any atom is 0.238 e. The lowest BCUT2D eigenvalue weighted by atomic mass is 10.3. The Bertz CT molecular complexity index is 936. The maximum absolute atomic E-state index is 13.5. The molecule has 0 aliphatic rings. The van der Waals surface area contributed by atoms with E-state index in [4.69, 9.17) is 5.26 Å². The summed E-state index contributed by atoms with van der Waals surface area (Å²) in [7, 11) is 0. The standard InChI is InChI=1S/C19H15FN4OS/c20-15-5-4-8-17(13-15)24-12-10-22-19(24)26-14-18(25)23(11-9-21)16-6-2-1-3-7-16/h1-8,10,12-13H,11,14H2. The molecule has 0 aliphatic heterocycles. The van der Waals surface area contributed by atoms with E-state index in [0.717, 1.165) is 0 Å². The minimum atomic E-state index is -0.340. The van der Waals surface area contributed by atoms with Gasteiger partial charge in [0.2, 0.25) is 5.91 Å². The topological polar surface area (TPSA) is 61.9 Å². The number of nitrogens with zero attached hydrogens (tertiary/aromatic N) is 4. The van der Waals surface area contributed by atoms with Crippen LogP contribution < -0.4 is 4.90 Å². The van der Waals surface area contributed by atoms with Crippen LogP contribution in [0.4, 0.5) is 10.1 Å². The van der Waals surface area contributed by atoms with Gasteiger partial charge in [-0.2, -0.15) is 5.26 Å². The fourth-order valence-electron chi connectivity index (χ4n) is 2.43. The van der Waals surface area contributed by atoms with Crippen LogP contribution in [0.15, 0.2) is 72.1 Å². The third-order valence-electron chi connectivity index (χ3n) is 3.62. The Balaban J connectivity index is 1.74. The molecule has 0 bridgehead atoms. The van der Waals surface area contributed by atoms with Gasteiger partial charge in [-0.1, -0.05) is 36.0 Å². The summed E-state index contributed by atoms with van der Waals surface area (Å²) in [6.07, 6.45) is 3.31. The van der Waals surface area contributed by atoms with Crippen molar-refractivity contribution >= 4 is 23.4 Å². The molecule has 1 aromatic heterocycles. The summed E-state index contributed by atoms with van der Waals surface area (Å²) in [6, 6.07) is 17.2. The van der Waals surface area contributed by atoms with Crippen molar-refractivity contribution in [1.82, 2.24) is 9.55 Å². The first-order chi connectivity index (χ1) is 12.7. The van der Waals surface area contributed by atoms with Gasteiger partial charge in [-0.05, 0) is 30.3 Å². The molecule has 0 spiro atoms. The van der Waals surface area contributed by atoms with E-state index >= 15 is 0 Å². The minimum absolute atomic E-state index is 0.0260. The molecule has 5 nitrogen and oxygen atoms in total. The summed E-state index contributed by atoms with van der Waals surface area (Å²) in [6.45, 7) is -0.0260. The van der Waals surface area contributed by atoms with Crippen LogP contribution in [0, 0.1) is 17.1 Å². The number of para-hydroxylation sites is 1. The van der Waals surface area contributed by atoms with Gasteiger partial charge in [-0.25, -0.2) is 9.37 Å². The molecule has 7 heteroatoms. The second kappa shape index (κ2) is 8.32. The molecule has 0 saturated heterocycles. The van der Waals surface area contributed by atoms with E-state index in [2.05, 4.69) is 4.98 Å². The third-order valence-corrected chi connectivity index (χ3v) is 4.57. The Hall–Kier alpha value is -3.11. The fourth-order valence-corrected chi connectivity index (χ4v) is 3.27. The Morgan fingerprint density at radius 1 is 1.23 bits per heavy atom. The van der Waals surface area contributed by atoms with Gasteiger partial charge in [-0.15, -0.1) is 0 Å². The van der Waals surface area contributed by atoms with Crippen LogP contribution in [-0.4, -0.2) is 27.8 Å². The quantitative estimate of drug-likeness (QED) is 0.493. The van der Waals surface area contributed by atoms with Gasteiger partial charge in [0.05, 0.1) is 17.5 Å². The number of aromatic nitrogens is 2. The number of carbonyl (C=O) groups is 1. The first-order valence-electron chi connectivity index (χ1n) is 7.83. The molecule has 130 valence electrons. The lowest BCUT2D eigenvalue weighted by molar-refractivity contribution is -0.116. The molecule has 1 amide bonds. The van der Waals surface area contributed by atoms with Gasteiger partial charge < -0.3 is 0 Å². The Morgan fingerprint density at radius 2 is 2.04 bits per heavy atom. The molecule has 0 N–H and O–H groups in total. The van der Waals surface area contributed by atoms with Gasteiger partial charge in [-0.3, -0.25) is 14.3 Å². The predicted octanol–water partition coefficient (Wildman–Crippen LogP) is 3.66. The Morgan fingerprint density at radius 3 is 2.77 bits per heavy atom. The number of amides is 1. The van der Waals surface area contributed by atoms with Gasteiger partial charge >= 0.3 is 0 Å². The number of rotatable bonds is 6. The van der Waals surface area contributed by atoms with E-state index in [1.165, 1.54) is 28.8 Å².